The lowest BCUT2D eigenvalue weighted by Gasteiger charge is -2.17. The highest BCUT2D eigenvalue weighted by Crippen LogP contribution is 2.27. The summed E-state index contributed by atoms with van der Waals surface area (Å²) in [4.78, 5) is 22.6. The Bertz CT molecular complexity index is 900. The van der Waals surface area contributed by atoms with E-state index in [1.807, 2.05) is 24.3 Å². The van der Waals surface area contributed by atoms with Gasteiger partial charge in [0.1, 0.15) is 22.4 Å². The lowest BCUT2D eigenvalue weighted by atomic mass is 10.3. The number of nitrogens with zero attached hydrogens (tertiary/aromatic N) is 3. The lowest BCUT2D eigenvalue weighted by molar-refractivity contribution is -0.127. The Labute approximate surface area is 159 Å². The van der Waals surface area contributed by atoms with Gasteiger partial charge in [-0.2, -0.15) is 0 Å². The van der Waals surface area contributed by atoms with E-state index >= 15 is 0 Å². The molecule has 1 amide bonds. The predicted molar refractivity (Wildman–Crippen MR) is 99.6 cm³/mol. The van der Waals surface area contributed by atoms with Crippen LogP contribution in [0, 0.1) is 0 Å². The fourth-order valence-electron chi connectivity index (χ4n) is 2.82. The average Bonchev–Trinajstić information content (AvgIpc) is 3.28. The van der Waals surface area contributed by atoms with Crippen LogP contribution in [0.1, 0.15) is 6.42 Å². The van der Waals surface area contributed by atoms with E-state index in [0.717, 1.165) is 17.5 Å². The summed E-state index contributed by atoms with van der Waals surface area (Å²) in [5, 5.41) is 0.985. The van der Waals surface area contributed by atoms with Crippen LogP contribution in [0.5, 0.6) is 5.75 Å². The number of benzene rings is 1. The normalized spacial score (nSPS) is 17.0. The molecule has 0 spiro atoms. The largest absolute Gasteiger partial charge is 0.487 e. The van der Waals surface area contributed by atoms with Gasteiger partial charge in [-0.1, -0.05) is 35.5 Å². The van der Waals surface area contributed by atoms with Gasteiger partial charge >= 0.3 is 0 Å². The van der Waals surface area contributed by atoms with E-state index < -0.39 is 0 Å². The van der Waals surface area contributed by atoms with E-state index in [0.29, 0.717) is 29.1 Å². The molecule has 1 aliphatic rings. The Hall–Kier alpha value is -2.25. The van der Waals surface area contributed by atoms with Gasteiger partial charge in [0.2, 0.25) is 5.91 Å². The van der Waals surface area contributed by atoms with Gasteiger partial charge in [0.05, 0.1) is 12.3 Å². The number of carbonyl (C=O) groups excluding carboxylic acids is 1. The maximum Gasteiger partial charge on any atom is 0.257 e. The number of amides is 1. The van der Waals surface area contributed by atoms with Crippen LogP contribution in [0.2, 0.25) is 5.02 Å². The second kappa shape index (κ2) is 7.55. The fourth-order valence-corrected chi connectivity index (χ4v) is 3.72. The molecular formula is C18H16ClN3O3S. The molecule has 1 aliphatic heterocycles. The summed E-state index contributed by atoms with van der Waals surface area (Å²) in [7, 11) is 0. The van der Waals surface area contributed by atoms with Gasteiger partial charge in [-0.3, -0.25) is 9.78 Å². The van der Waals surface area contributed by atoms with E-state index in [1.165, 1.54) is 11.8 Å². The van der Waals surface area contributed by atoms with Crippen molar-refractivity contribution in [2.24, 2.45) is 0 Å². The number of fused-ring (bicyclic) bond motifs is 1. The number of ether oxygens (including phenoxy) is 1. The number of aromatic nitrogens is 2. The summed E-state index contributed by atoms with van der Waals surface area (Å²) in [6.45, 7) is 1.21. The molecule has 1 fully saturated rings. The molecule has 4 rings (SSSR count). The fraction of sp³-hybridized carbons (Fsp3) is 0.278. The first-order valence-corrected chi connectivity index (χ1v) is 9.58. The minimum Gasteiger partial charge on any atom is -0.487 e. The van der Waals surface area contributed by atoms with E-state index in [-0.39, 0.29) is 17.8 Å². The number of likely N-dealkylation sites (tertiary alicyclic amines) is 1. The number of para-hydroxylation sites is 2. The Morgan fingerprint density at radius 3 is 3.12 bits per heavy atom. The van der Waals surface area contributed by atoms with Crippen LogP contribution < -0.4 is 4.74 Å². The second-order valence-corrected chi connectivity index (χ2v) is 7.24. The first-order valence-electron chi connectivity index (χ1n) is 8.21. The van der Waals surface area contributed by atoms with Gasteiger partial charge in [0.25, 0.3) is 5.22 Å². The monoisotopic (exact) mass is 389 g/mol. The van der Waals surface area contributed by atoms with Crippen LogP contribution in [-0.2, 0) is 4.79 Å². The maximum absolute atomic E-state index is 12.4. The molecule has 0 bridgehead atoms. The third-order valence-corrected chi connectivity index (χ3v) is 5.22. The Balaban J connectivity index is 1.31. The first kappa shape index (κ1) is 17.2. The standard InChI is InChI=1S/C18H16ClN3O3S/c19-13-9-20-7-5-15(13)24-12-6-8-22(10-12)17(23)11-26-18-21-14-3-1-2-4-16(14)25-18/h1-5,7,9,12H,6,8,10-11H2/t12-/m0/s1. The number of hydrogen-bond acceptors (Lipinski definition) is 6. The molecule has 134 valence electrons. The molecule has 0 saturated carbocycles. The van der Waals surface area contributed by atoms with Gasteiger partial charge in [0, 0.05) is 31.4 Å². The first-order chi connectivity index (χ1) is 12.7. The van der Waals surface area contributed by atoms with Crippen molar-refractivity contribution in [3.05, 3.63) is 47.7 Å². The van der Waals surface area contributed by atoms with Crippen LogP contribution in [0.3, 0.4) is 0 Å². The molecule has 3 heterocycles. The molecule has 3 aromatic rings. The molecule has 0 aliphatic carbocycles. The van der Waals surface area contributed by atoms with Crippen molar-refractivity contribution in [3.63, 3.8) is 0 Å². The van der Waals surface area contributed by atoms with Gasteiger partial charge in [-0.25, -0.2) is 4.98 Å². The van der Waals surface area contributed by atoms with E-state index in [9.17, 15) is 4.79 Å². The Morgan fingerprint density at radius 2 is 2.27 bits per heavy atom. The quantitative estimate of drug-likeness (QED) is 0.620. The number of thioether (sulfide) groups is 1. The van der Waals surface area contributed by atoms with Gasteiger partial charge < -0.3 is 14.1 Å². The summed E-state index contributed by atoms with van der Waals surface area (Å²) in [6.07, 6.45) is 3.90. The van der Waals surface area contributed by atoms with Crippen molar-refractivity contribution in [1.82, 2.24) is 14.9 Å². The summed E-state index contributed by atoms with van der Waals surface area (Å²) in [5.74, 6) is 0.932. The van der Waals surface area contributed by atoms with Crippen LogP contribution in [-0.4, -0.2) is 45.7 Å². The molecule has 0 unspecified atom stereocenters. The molecular weight excluding hydrogens is 374 g/mol. The van der Waals surface area contributed by atoms with Crippen LogP contribution >= 0.6 is 23.4 Å². The zero-order chi connectivity index (χ0) is 17.9. The minimum atomic E-state index is -0.0619. The zero-order valence-corrected chi connectivity index (χ0v) is 15.4. The van der Waals surface area contributed by atoms with Gasteiger partial charge in [-0.05, 0) is 12.1 Å². The van der Waals surface area contributed by atoms with Crippen molar-refractivity contribution in [3.8, 4) is 5.75 Å². The topological polar surface area (TPSA) is 68.5 Å². The number of halogens is 1. The second-order valence-electron chi connectivity index (χ2n) is 5.91. The highest BCUT2D eigenvalue weighted by atomic mass is 35.5. The minimum absolute atomic E-state index is 0.0455. The number of rotatable bonds is 5. The van der Waals surface area contributed by atoms with E-state index in [2.05, 4.69) is 9.97 Å². The van der Waals surface area contributed by atoms with Crippen LogP contribution in [0.25, 0.3) is 11.1 Å². The summed E-state index contributed by atoms with van der Waals surface area (Å²) >= 11 is 7.37. The van der Waals surface area contributed by atoms with E-state index in [1.54, 1.807) is 23.4 Å². The highest BCUT2D eigenvalue weighted by Gasteiger charge is 2.28. The molecule has 0 radical (unpaired) electrons. The predicted octanol–water partition coefficient (Wildman–Crippen LogP) is 3.65. The van der Waals surface area contributed by atoms with Crippen molar-refractivity contribution < 1.29 is 13.9 Å². The van der Waals surface area contributed by atoms with Crippen LogP contribution in [0.15, 0.2) is 52.4 Å². The number of oxazole rings is 1. The summed E-state index contributed by atoms with van der Waals surface area (Å²) in [6, 6.07) is 9.28. The van der Waals surface area contributed by atoms with Crippen LogP contribution in [0.4, 0.5) is 0 Å². The molecule has 8 heteroatoms. The Morgan fingerprint density at radius 1 is 1.38 bits per heavy atom. The number of carbonyl (C=O) groups is 1. The maximum atomic E-state index is 12.4. The molecule has 1 saturated heterocycles. The third-order valence-electron chi connectivity index (χ3n) is 4.12. The van der Waals surface area contributed by atoms with Gasteiger partial charge in [0.15, 0.2) is 5.58 Å². The molecule has 6 nitrogen and oxygen atoms in total. The van der Waals surface area contributed by atoms with E-state index in [4.69, 9.17) is 20.8 Å². The molecule has 2 aromatic heterocycles. The average molecular weight is 390 g/mol. The molecule has 1 aromatic carbocycles. The van der Waals surface area contributed by atoms with Crippen molar-refractivity contribution in [2.45, 2.75) is 17.7 Å². The number of hydrogen-bond donors (Lipinski definition) is 0. The SMILES string of the molecule is O=C(CSc1nc2ccccc2o1)N1CC[C@H](Oc2ccncc2Cl)C1. The van der Waals surface area contributed by atoms with Crippen molar-refractivity contribution >= 4 is 40.4 Å². The van der Waals surface area contributed by atoms with Crippen molar-refractivity contribution in [2.75, 3.05) is 18.8 Å². The lowest BCUT2D eigenvalue weighted by Crippen LogP contribution is -2.32. The van der Waals surface area contributed by atoms with Gasteiger partial charge in [-0.15, -0.1) is 0 Å². The molecule has 26 heavy (non-hydrogen) atoms. The molecule has 0 N–H and O–H groups in total. The van der Waals surface area contributed by atoms with Crippen molar-refractivity contribution in [1.29, 1.82) is 0 Å². The highest BCUT2D eigenvalue weighted by molar-refractivity contribution is 7.99. The Kier molecular flexibility index (Phi) is 4.99. The number of pyridine rings is 1. The smallest absolute Gasteiger partial charge is 0.257 e. The summed E-state index contributed by atoms with van der Waals surface area (Å²) < 4.78 is 11.5. The summed E-state index contributed by atoms with van der Waals surface area (Å²) in [5.41, 5.74) is 1.53. The molecule has 1 atom stereocenters. The third kappa shape index (κ3) is 3.78. The zero-order valence-electron chi connectivity index (χ0n) is 13.8.